The highest BCUT2D eigenvalue weighted by atomic mass is 35.5. The van der Waals surface area contributed by atoms with E-state index >= 15 is 0 Å². The van der Waals surface area contributed by atoms with Gasteiger partial charge in [0, 0.05) is 21.5 Å². The van der Waals surface area contributed by atoms with E-state index in [1.807, 2.05) is 6.07 Å². The van der Waals surface area contributed by atoms with Gasteiger partial charge < -0.3 is 0 Å². The van der Waals surface area contributed by atoms with Crippen molar-refractivity contribution in [3.05, 3.63) is 46.5 Å². The fraction of sp³-hybridized carbons (Fsp3) is 0. The lowest BCUT2D eigenvalue weighted by Crippen LogP contribution is -2.34. The molecule has 1 heterocycles. The molecule has 3 rings (SSSR count). The van der Waals surface area contributed by atoms with E-state index in [1.165, 1.54) is 0 Å². The molecular formula is C12H6ClNO2. The van der Waals surface area contributed by atoms with Crippen LogP contribution in [-0.4, -0.2) is 11.8 Å². The average molecular weight is 232 g/mol. The predicted octanol–water partition coefficient (Wildman–Crippen LogP) is 2.38. The largest absolute Gasteiger partial charge is 0.288 e. The van der Waals surface area contributed by atoms with Gasteiger partial charge in [-0.1, -0.05) is 23.7 Å². The molecule has 4 heteroatoms. The zero-order valence-corrected chi connectivity index (χ0v) is 8.84. The molecule has 0 aromatic heterocycles. The third-order valence-electron chi connectivity index (χ3n) is 2.66. The Kier molecular flexibility index (Phi) is 1.79. The molecule has 3 nitrogen and oxygen atoms in total. The highest BCUT2D eigenvalue weighted by molar-refractivity contribution is 6.33. The lowest BCUT2D eigenvalue weighted by atomic mass is 9.95. The molecule has 0 aliphatic carbocycles. The fourth-order valence-electron chi connectivity index (χ4n) is 2.00. The molecular weight excluding hydrogens is 226 g/mol. The number of amides is 2. The summed E-state index contributed by atoms with van der Waals surface area (Å²) < 4.78 is 0. The first-order valence-electron chi connectivity index (χ1n) is 4.75. The molecule has 1 N–H and O–H groups in total. The van der Waals surface area contributed by atoms with Crippen molar-refractivity contribution in [1.29, 1.82) is 0 Å². The minimum atomic E-state index is -0.392. The minimum absolute atomic E-state index is 0.356. The van der Waals surface area contributed by atoms with Crippen LogP contribution in [-0.2, 0) is 0 Å². The molecule has 0 unspecified atom stereocenters. The van der Waals surface area contributed by atoms with Gasteiger partial charge in [0.1, 0.15) is 0 Å². The van der Waals surface area contributed by atoms with Crippen LogP contribution in [0.2, 0.25) is 5.02 Å². The molecule has 2 amide bonds. The summed E-state index contributed by atoms with van der Waals surface area (Å²) >= 11 is 5.92. The maximum atomic E-state index is 11.6. The Labute approximate surface area is 96.0 Å². The van der Waals surface area contributed by atoms with Gasteiger partial charge in [-0.05, 0) is 23.6 Å². The van der Waals surface area contributed by atoms with Crippen molar-refractivity contribution in [2.75, 3.05) is 0 Å². The van der Waals surface area contributed by atoms with Crippen LogP contribution in [0, 0.1) is 0 Å². The highest BCUT2D eigenvalue weighted by Crippen LogP contribution is 2.29. The third kappa shape index (κ3) is 1.15. The monoisotopic (exact) mass is 231 g/mol. The summed E-state index contributed by atoms with van der Waals surface area (Å²) in [7, 11) is 0. The van der Waals surface area contributed by atoms with Crippen molar-refractivity contribution in [1.82, 2.24) is 5.32 Å². The topological polar surface area (TPSA) is 46.2 Å². The Hall–Kier alpha value is -1.87. The van der Waals surface area contributed by atoms with Crippen molar-refractivity contribution in [3.63, 3.8) is 0 Å². The fourth-order valence-corrected chi connectivity index (χ4v) is 2.22. The van der Waals surface area contributed by atoms with Crippen LogP contribution in [0.3, 0.4) is 0 Å². The van der Waals surface area contributed by atoms with Gasteiger partial charge in [-0.3, -0.25) is 14.9 Å². The maximum absolute atomic E-state index is 11.6. The Balaban J connectivity index is 2.55. The predicted molar refractivity (Wildman–Crippen MR) is 60.8 cm³/mol. The summed E-state index contributed by atoms with van der Waals surface area (Å²) in [6.07, 6.45) is 0. The summed E-state index contributed by atoms with van der Waals surface area (Å²) in [6, 6.07) is 8.62. The second-order valence-corrected chi connectivity index (χ2v) is 4.08. The molecule has 0 radical (unpaired) electrons. The van der Waals surface area contributed by atoms with Gasteiger partial charge in [-0.25, -0.2) is 0 Å². The Morgan fingerprint density at radius 3 is 2.56 bits per heavy atom. The lowest BCUT2D eigenvalue weighted by Gasteiger charge is -2.16. The van der Waals surface area contributed by atoms with E-state index in [-0.39, 0.29) is 5.91 Å². The van der Waals surface area contributed by atoms with Gasteiger partial charge in [-0.2, -0.15) is 0 Å². The summed E-state index contributed by atoms with van der Waals surface area (Å²) in [4.78, 5) is 23.2. The number of rotatable bonds is 0. The van der Waals surface area contributed by atoms with Crippen LogP contribution in [0.1, 0.15) is 20.7 Å². The van der Waals surface area contributed by atoms with Crippen molar-refractivity contribution in [2.24, 2.45) is 0 Å². The molecule has 16 heavy (non-hydrogen) atoms. The summed E-state index contributed by atoms with van der Waals surface area (Å²) in [5.74, 6) is -0.748. The van der Waals surface area contributed by atoms with E-state index in [9.17, 15) is 9.59 Å². The lowest BCUT2D eigenvalue weighted by molar-refractivity contribution is 0.0845. The number of carbonyl (C=O) groups excluding carboxylic acids is 2. The highest BCUT2D eigenvalue weighted by Gasteiger charge is 2.24. The van der Waals surface area contributed by atoms with Gasteiger partial charge in [0.25, 0.3) is 11.8 Å². The number of nitrogens with one attached hydrogen (secondary N) is 1. The first-order chi connectivity index (χ1) is 7.66. The molecule has 0 saturated heterocycles. The number of hydrogen-bond acceptors (Lipinski definition) is 2. The second kappa shape index (κ2) is 3.06. The van der Waals surface area contributed by atoms with E-state index in [0.29, 0.717) is 21.5 Å². The first-order valence-corrected chi connectivity index (χ1v) is 5.12. The van der Waals surface area contributed by atoms with Crippen molar-refractivity contribution in [2.45, 2.75) is 0 Å². The van der Waals surface area contributed by atoms with E-state index in [1.54, 1.807) is 24.3 Å². The Morgan fingerprint density at radius 1 is 1.00 bits per heavy atom. The molecule has 1 aliphatic rings. The zero-order chi connectivity index (χ0) is 11.3. The molecule has 0 spiro atoms. The quantitative estimate of drug-likeness (QED) is 0.708. The molecule has 1 aliphatic heterocycles. The van der Waals surface area contributed by atoms with Crippen LogP contribution in [0.15, 0.2) is 30.3 Å². The van der Waals surface area contributed by atoms with Gasteiger partial charge in [-0.15, -0.1) is 0 Å². The smallest absolute Gasteiger partial charge is 0.258 e. The zero-order valence-electron chi connectivity index (χ0n) is 8.08. The molecule has 0 atom stereocenters. The van der Waals surface area contributed by atoms with Crippen molar-refractivity contribution in [3.8, 4) is 0 Å². The maximum Gasteiger partial charge on any atom is 0.258 e. The third-order valence-corrected chi connectivity index (χ3v) is 2.88. The van der Waals surface area contributed by atoms with E-state index in [2.05, 4.69) is 5.32 Å². The molecule has 0 bridgehead atoms. The number of imide groups is 1. The van der Waals surface area contributed by atoms with Gasteiger partial charge in [0.2, 0.25) is 0 Å². The molecule has 2 aromatic rings. The number of carbonyl (C=O) groups is 2. The summed E-state index contributed by atoms with van der Waals surface area (Å²) in [5.41, 5.74) is 0.974. The second-order valence-electron chi connectivity index (χ2n) is 3.64. The van der Waals surface area contributed by atoms with Crippen molar-refractivity contribution < 1.29 is 9.59 Å². The van der Waals surface area contributed by atoms with Crippen LogP contribution in [0.4, 0.5) is 0 Å². The van der Waals surface area contributed by atoms with Crippen molar-refractivity contribution >= 4 is 34.2 Å². The van der Waals surface area contributed by atoms with Crippen LogP contribution < -0.4 is 5.32 Å². The van der Waals surface area contributed by atoms with E-state index in [0.717, 1.165) is 5.39 Å². The minimum Gasteiger partial charge on any atom is -0.288 e. The normalized spacial score (nSPS) is 14.1. The Morgan fingerprint density at radius 2 is 1.75 bits per heavy atom. The standard InChI is InChI=1S/C12H6ClNO2/c13-7-4-6-2-1-3-8-10(6)9(5-7)12(16)14-11(8)15/h1-5H,(H,14,15,16). The molecule has 2 aromatic carbocycles. The van der Waals surface area contributed by atoms with E-state index in [4.69, 9.17) is 11.6 Å². The van der Waals surface area contributed by atoms with Crippen LogP contribution in [0.25, 0.3) is 10.8 Å². The van der Waals surface area contributed by atoms with E-state index < -0.39 is 5.91 Å². The number of benzene rings is 2. The average Bonchev–Trinajstić information content (AvgIpc) is 2.25. The SMILES string of the molecule is O=C1NC(=O)c2cc(Cl)cc3cccc1c23. The van der Waals surface area contributed by atoms with Gasteiger partial charge in [0.05, 0.1) is 0 Å². The number of hydrogen-bond donors (Lipinski definition) is 1. The first kappa shape index (κ1) is 9.36. The molecule has 0 saturated carbocycles. The number of halogens is 1. The van der Waals surface area contributed by atoms with Gasteiger partial charge in [0.15, 0.2) is 0 Å². The molecule has 78 valence electrons. The van der Waals surface area contributed by atoms with Crippen LogP contribution in [0.5, 0.6) is 0 Å². The Bertz CT molecular complexity index is 649. The van der Waals surface area contributed by atoms with Crippen LogP contribution >= 0.6 is 11.6 Å². The van der Waals surface area contributed by atoms with Gasteiger partial charge >= 0.3 is 0 Å². The summed E-state index contributed by atoms with van der Waals surface area (Å²) in [5, 5.41) is 4.27. The summed E-state index contributed by atoms with van der Waals surface area (Å²) in [6.45, 7) is 0. The molecule has 0 fully saturated rings.